The van der Waals surface area contributed by atoms with Gasteiger partial charge in [0.25, 0.3) is 0 Å². The summed E-state index contributed by atoms with van der Waals surface area (Å²) in [5.41, 5.74) is 1.42. The van der Waals surface area contributed by atoms with Crippen LogP contribution < -0.4 is 9.80 Å². The van der Waals surface area contributed by atoms with Crippen molar-refractivity contribution in [3.63, 3.8) is 0 Å². The van der Waals surface area contributed by atoms with Gasteiger partial charge in [0, 0.05) is 24.8 Å². The summed E-state index contributed by atoms with van der Waals surface area (Å²) in [6.45, 7) is 5.19. The second-order valence-corrected chi connectivity index (χ2v) is 6.64. The molecule has 0 unspecified atom stereocenters. The largest absolute Gasteiger partial charge is 0.508 e. The van der Waals surface area contributed by atoms with E-state index in [1.54, 1.807) is 40.4 Å². The van der Waals surface area contributed by atoms with E-state index in [4.69, 9.17) is 0 Å². The Bertz CT molecular complexity index is 966. The van der Waals surface area contributed by atoms with Crippen LogP contribution in [0.3, 0.4) is 0 Å². The van der Waals surface area contributed by atoms with Crippen LogP contribution in [0.1, 0.15) is 19.9 Å². The van der Waals surface area contributed by atoms with E-state index in [0.29, 0.717) is 30.4 Å². The molecule has 0 spiro atoms. The molecular weight excluding hydrogens is 344 g/mol. The van der Waals surface area contributed by atoms with E-state index in [2.05, 4.69) is 29.0 Å². The maximum Gasteiger partial charge on any atom is 0.330 e. The summed E-state index contributed by atoms with van der Waals surface area (Å²) >= 11 is 0. The van der Waals surface area contributed by atoms with E-state index in [1.807, 2.05) is 22.8 Å². The second kappa shape index (κ2) is 6.71. The third-order valence-corrected chi connectivity index (χ3v) is 4.54. The molecule has 1 aliphatic heterocycles. The number of carbonyl (C=O) groups is 1. The Labute approximate surface area is 156 Å². The van der Waals surface area contributed by atoms with Gasteiger partial charge in [0.1, 0.15) is 23.6 Å². The predicted molar refractivity (Wildman–Crippen MR) is 102 cm³/mol. The molecule has 1 aliphatic rings. The van der Waals surface area contributed by atoms with Gasteiger partial charge >= 0.3 is 6.03 Å². The van der Waals surface area contributed by atoms with E-state index >= 15 is 0 Å². The van der Waals surface area contributed by atoms with Crippen molar-refractivity contribution in [3.8, 4) is 17.3 Å². The number of aromatic hydroxyl groups is 1. The van der Waals surface area contributed by atoms with Gasteiger partial charge in [0.15, 0.2) is 5.82 Å². The average Bonchev–Trinajstić information content (AvgIpc) is 3.30. The fourth-order valence-electron chi connectivity index (χ4n) is 3.12. The van der Waals surface area contributed by atoms with E-state index in [0.717, 1.165) is 5.69 Å². The molecular formula is C19H20N6O2. The van der Waals surface area contributed by atoms with Crippen molar-refractivity contribution in [3.05, 3.63) is 48.8 Å². The molecule has 1 N–H and O–H groups in total. The zero-order valence-corrected chi connectivity index (χ0v) is 15.1. The number of hydrogen-bond donors (Lipinski definition) is 1. The summed E-state index contributed by atoms with van der Waals surface area (Å²) in [6, 6.07) is 12.2. The average molecular weight is 364 g/mol. The highest BCUT2D eigenvalue weighted by Gasteiger charge is 2.31. The Balaban J connectivity index is 1.62. The van der Waals surface area contributed by atoms with Gasteiger partial charge in [0.05, 0.1) is 0 Å². The van der Waals surface area contributed by atoms with Crippen molar-refractivity contribution in [2.45, 2.75) is 19.9 Å². The van der Waals surface area contributed by atoms with Gasteiger partial charge in [-0.05, 0) is 50.2 Å². The Morgan fingerprint density at radius 3 is 2.52 bits per heavy atom. The molecule has 1 saturated heterocycles. The summed E-state index contributed by atoms with van der Waals surface area (Å²) in [5, 5.41) is 17.6. The van der Waals surface area contributed by atoms with E-state index < -0.39 is 0 Å². The molecule has 4 rings (SSSR count). The fraction of sp³-hybridized carbons (Fsp3) is 0.263. The molecule has 2 aromatic heterocycles. The Morgan fingerprint density at radius 2 is 1.78 bits per heavy atom. The molecule has 138 valence electrons. The summed E-state index contributed by atoms with van der Waals surface area (Å²) < 4.78 is 1.95. The normalized spacial score (nSPS) is 14.4. The van der Waals surface area contributed by atoms with E-state index in [9.17, 15) is 9.90 Å². The maximum absolute atomic E-state index is 12.9. The van der Waals surface area contributed by atoms with Crippen LogP contribution >= 0.6 is 0 Å². The molecule has 27 heavy (non-hydrogen) atoms. The highest BCUT2D eigenvalue weighted by molar-refractivity contribution is 6.05. The lowest BCUT2D eigenvalue weighted by molar-refractivity contribution is 0.255. The number of benzene rings is 1. The fourth-order valence-corrected chi connectivity index (χ4v) is 3.12. The number of amides is 2. The minimum absolute atomic E-state index is 0.143. The predicted octanol–water partition coefficient (Wildman–Crippen LogP) is 3.07. The molecule has 0 radical (unpaired) electrons. The molecule has 8 heteroatoms. The van der Waals surface area contributed by atoms with Crippen LogP contribution in [0, 0.1) is 0 Å². The van der Waals surface area contributed by atoms with Crippen LogP contribution in [0.2, 0.25) is 0 Å². The molecule has 0 bridgehead atoms. The van der Waals surface area contributed by atoms with Gasteiger partial charge in [-0.1, -0.05) is 6.07 Å². The number of hydrogen-bond acceptors (Lipinski definition) is 5. The molecule has 1 aromatic carbocycles. The van der Waals surface area contributed by atoms with Gasteiger partial charge in [-0.25, -0.2) is 9.78 Å². The first-order valence-corrected chi connectivity index (χ1v) is 8.79. The Morgan fingerprint density at radius 1 is 1.04 bits per heavy atom. The van der Waals surface area contributed by atoms with Gasteiger partial charge in [-0.3, -0.25) is 9.80 Å². The first kappa shape index (κ1) is 17.0. The molecule has 0 atom stereocenters. The van der Waals surface area contributed by atoms with Crippen molar-refractivity contribution in [2.75, 3.05) is 22.9 Å². The molecule has 8 nitrogen and oxygen atoms in total. The van der Waals surface area contributed by atoms with Crippen molar-refractivity contribution >= 4 is 17.5 Å². The molecule has 0 aliphatic carbocycles. The SMILES string of the molecule is CC(C)n1cnnc1-c1cccc(N2CCN(c3ccc(O)cc3)C2=O)n1. The Kier molecular flexibility index (Phi) is 4.23. The smallest absolute Gasteiger partial charge is 0.330 e. The third-order valence-electron chi connectivity index (χ3n) is 4.54. The number of rotatable bonds is 4. The Hall–Kier alpha value is -3.42. The van der Waals surface area contributed by atoms with Crippen molar-refractivity contribution in [1.29, 1.82) is 0 Å². The quantitative estimate of drug-likeness (QED) is 0.769. The number of aromatic nitrogens is 4. The zero-order chi connectivity index (χ0) is 19.0. The summed E-state index contributed by atoms with van der Waals surface area (Å²) in [4.78, 5) is 20.8. The van der Waals surface area contributed by atoms with Crippen LogP contribution in [0.5, 0.6) is 5.75 Å². The van der Waals surface area contributed by atoms with Crippen molar-refractivity contribution in [1.82, 2.24) is 19.7 Å². The minimum atomic E-state index is -0.143. The molecule has 3 heterocycles. The lowest BCUT2D eigenvalue weighted by atomic mass is 10.3. The maximum atomic E-state index is 12.9. The molecule has 1 fully saturated rings. The van der Waals surface area contributed by atoms with Crippen LogP contribution in [0.15, 0.2) is 48.8 Å². The highest BCUT2D eigenvalue weighted by Crippen LogP contribution is 2.27. The highest BCUT2D eigenvalue weighted by atomic mass is 16.3. The van der Waals surface area contributed by atoms with Gasteiger partial charge in [-0.2, -0.15) is 0 Å². The van der Waals surface area contributed by atoms with Crippen molar-refractivity contribution < 1.29 is 9.90 Å². The first-order chi connectivity index (χ1) is 13.0. The first-order valence-electron chi connectivity index (χ1n) is 8.79. The summed E-state index contributed by atoms with van der Waals surface area (Å²) in [5.74, 6) is 1.43. The standard InChI is InChI=1S/C19H20N6O2/c1-13(2)25-12-20-22-18(25)16-4-3-5-17(21-16)24-11-10-23(19(24)27)14-6-8-15(26)9-7-14/h3-9,12-13,26H,10-11H2,1-2H3. The van der Waals surface area contributed by atoms with Crippen molar-refractivity contribution in [2.24, 2.45) is 0 Å². The number of nitrogens with zero attached hydrogens (tertiary/aromatic N) is 6. The lowest BCUT2D eigenvalue weighted by Gasteiger charge is -2.18. The number of carbonyl (C=O) groups excluding carboxylic acids is 1. The number of phenolic OH excluding ortho intramolecular Hbond substituents is 1. The number of urea groups is 1. The third kappa shape index (κ3) is 3.10. The van der Waals surface area contributed by atoms with Crippen LogP contribution in [-0.2, 0) is 0 Å². The monoisotopic (exact) mass is 364 g/mol. The van der Waals surface area contributed by atoms with Crippen LogP contribution in [-0.4, -0.2) is 44.0 Å². The zero-order valence-electron chi connectivity index (χ0n) is 15.1. The molecule has 3 aromatic rings. The number of pyridine rings is 1. The summed E-state index contributed by atoms with van der Waals surface area (Å²) in [6.07, 6.45) is 1.68. The number of phenols is 1. The summed E-state index contributed by atoms with van der Waals surface area (Å²) in [7, 11) is 0. The van der Waals surface area contributed by atoms with Crippen LogP contribution in [0.25, 0.3) is 11.5 Å². The van der Waals surface area contributed by atoms with Crippen LogP contribution in [0.4, 0.5) is 16.3 Å². The topological polar surface area (TPSA) is 87.4 Å². The molecule has 2 amide bonds. The van der Waals surface area contributed by atoms with Gasteiger partial charge in [-0.15, -0.1) is 10.2 Å². The van der Waals surface area contributed by atoms with Gasteiger partial charge < -0.3 is 9.67 Å². The lowest BCUT2D eigenvalue weighted by Crippen LogP contribution is -2.32. The van der Waals surface area contributed by atoms with E-state index in [-0.39, 0.29) is 17.8 Å². The van der Waals surface area contributed by atoms with Gasteiger partial charge in [0.2, 0.25) is 0 Å². The minimum Gasteiger partial charge on any atom is -0.508 e. The van der Waals surface area contributed by atoms with E-state index in [1.165, 1.54) is 0 Å². The second-order valence-electron chi connectivity index (χ2n) is 6.64. The molecule has 0 saturated carbocycles. The number of anilines is 2.